The van der Waals surface area contributed by atoms with E-state index in [-0.39, 0.29) is 5.92 Å². The van der Waals surface area contributed by atoms with Gasteiger partial charge in [0.25, 0.3) is 0 Å². The standard InChI is InChI=1S/C15H18N4O2/c1-9(2)13(15(20)21)18-12-8-10(3)17-14(19-12)11-6-4-5-7-16-11/h4-9,13H,1-3H3,(H,20,21)(H,17,18,19)/t13-/m0/s1. The van der Waals surface area contributed by atoms with Crippen LogP contribution in [0.4, 0.5) is 5.82 Å². The molecule has 110 valence electrons. The molecule has 0 aliphatic carbocycles. The lowest BCUT2D eigenvalue weighted by Crippen LogP contribution is -2.34. The van der Waals surface area contributed by atoms with Gasteiger partial charge in [0.15, 0.2) is 5.82 Å². The molecule has 0 aliphatic heterocycles. The van der Waals surface area contributed by atoms with E-state index in [0.29, 0.717) is 17.3 Å². The Hall–Kier alpha value is -2.50. The summed E-state index contributed by atoms with van der Waals surface area (Å²) in [7, 11) is 0. The largest absolute Gasteiger partial charge is 0.480 e. The first-order chi connectivity index (χ1) is 9.97. The second-order valence-electron chi connectivity index (χ2n) is 5.14. The van der Waals surface area contributed by atoms with E-state index < -0.39 is 12.0 Å². The normalized spacial score (nSPS) is 12.2. The van der Waals surface area contributed by atoms with Crippen molar-refractivity contribution >= 4 is 11.8 Å². The van der Waals surface area contributed by atoms with Gasteiger partial charge in [-0.2, -0.15) is 0 Å². The van der Waals surface area contributed by atoms with Gasteiger partial charge in [-0.05, 0) is 25.0 Å². The molecule has 1 atom stereocenters. The fraction of sp³-hybridized carbons (Fsp3) is 0.333. The van der Waals surface area contributed by atoms with Crippen LogP contribution >= 0.6 is 0 Å². The minimum absolute atomic E-state index is 0.0592. The van der Waals surface area contributed by atoms with E-state index in [1.54, 1.807) is 12.3 Å². The first-order valence-electron chi connectivity index (χ1n) is 6.74. The molecule has 2 heterocycles. The van der Waals surface area contributed by atoms with Crippen molar-refractivity contribution in [3.63, 3.8) is 0 Å². The zero-order valence-corrected chi connectivity index (χ0v) is 12.2. The average molecular weight is 286 g/mol. The molecule has 0 saturated carbocycles. The van der Waals surface area contributed by atoms with Gasteiger partial charge in [-0.1, -0.05) is 19.9 Å². The zero-order chi connectivity index (χ0) is 15.4. The fourth-order valence-corrected chi connectivity index (χ4v) is 1.92. The van der Waals surface area contributed by atoms with E-state index in [9.17, 15) is 9.90 Å². The van der Waals surface area contributed by atoms with Crippen molar-refractivity contribution in [2.75, 3.05) is 5.32 Å². The van der Waals surface area contributed by atoms with Gasteiger partial charge in [-0.3, -0.25) is 4.98 Å². The van der Waals surface area contributed by atoms with E-state index in [1.807, 2.05) is 39.0 Å². The van der Waals surface area contributed by atoms with Crippen LogP contribution in [0, 0.1) is 12.8 Å². The lowest BCUT2D eigenvalue weighted by atomic mass is 10.1. The Morgan fingerprint density at radius 3 is 2.62 bits per heavy atom. The summed E-state index contributed by atoms with van der Waals surface area (Å²) in [4.78, 5) is 24.2. The summed E-state index contributed by atoms with van der Waals surface area (Å²) < 4.78 is 0. The van der Waals surface area contributed by atoms with Crippen molar-refractivity contribution in [1.29, 1.82) is 0 Å². The smallest absolute Gasteiger partial charge is 0.326 e. The summed E-state index contributed by atoms with van der Waals surface area (Å²) in [5.41, 5.74) is 1.40. The van der Waals surface area contributed by atoms with E-state index in [4.69, 9.17) is 0 Å². The highest BCUT2D eigenvalue weighted by molar-refractivity contribution is 5.77. The summed E-state index contributed by atoms with van der Waals surface area (Å²) in [5.74, 6) is 0.00645. The van der Waals surface area contributed by atoms with Crippen LogP contribution < -0.4 is 5.32 Å². The lowest BCUT2D eigenvalue weighted by molar-refractivity contribution is -0.138. The summed E-state index contributed by atoms with van der Waals surface area (Å²) in [6.07, 6.45) is 1.67. The third kappa shape index (κ3) is 3.75. The number of anilines is 1. The van der Waals surface area contributed by atoms with Crippen LogP contribution in [0.5, 0.6) is 0 Å². The van der Waals surface area contributed by atoms with Gasteiger partial charge >= 0.3 is 5.97 Å². The molecule has 6 heteroatoms. The van der Waals surface area contributed by atoms with E-state index in [2.05, 4.69) is 20.3 Å². The monoisotopic (exact) mass is 286 g/mol. The number of carbonyl (C=O) groups is 1. The minimum Gasteiger partial charge on any atom is -0.480 e. The van der Waals surface area contributed by atoms with E-state index in [0.717, 1.165) is 5.69 Å². The Bertz CT molecular complexity index is 629. The average Bonchev–Trinajstić information content (AvgIpc) is 2.44. The van der Waals surface area contributed by atoms with Crippen molar-refractivity contribution in [2.45, 2.75) is 26.8 Å². The van der Waals surface area contributed by atoms with Gasteiger partial charge in [-0.25, -0.2) is 14.8 Å². The Balaban J connectivity index is 2.33. The van der Waals surface area contributed by atoms with Crippen LogP contribution in [0.1, 0.15) is 19.5 Å². The molecule has 2 aromatic heterocycles. The summed E-state index contributed by atoms with van der Waals surface area (Å²) in [6.45, 7) is 5.53. The van der Waals surface area contributed by atoms with Crippen molar-refractivity contribution in [2.24, 2.45) is 5.92 Å². The van der Waals surface area contributed by atoms with Gasteiger partial charge in [0, 0.05) is 18.0 Å². The number of hydrogen-bond donors (Lipinski definition) is 2. The molecule has 2 N–H and O–H groups in total. The minimum atomic E-state index is -0.902. The van der Waals surface area contributed by atoms with Gasteiger partial charge in [0.1, 0.15) is 17.6 Å². The fourth-order valence-electron chi connectivity index (χ4n) is 1.92. The molecule has 0 aliphatic rings. The molecule has 0 unspecified atom stereocenters. The second-order valence-corrected chi connectivity index (χ2v) is 5.14. The van der Waals surface area contributed by atoms with E-state index >= 15 is 0 Å². The molecule has 0 aromatic carbocycles. The van der Waals surface area contributed by atoms with E-state index in [1.165, 1.54) is 0 Å². The number of rotatable bonds is 5. The van der Waals surface area contributed by atoms with Gasteiger partial charge in [-0.15, -0.1) is 0 Å². The molecule has 0 amide bonds. The highest BCUT2D eigenvalue weighted by atomic mass is 16.4. The molecular formula is C15H18N4O2. The molecule has 21 heavy (non-hydrogen) atoms. The first-order valence-corrected chi connectivity index (χ1v) is 6.74. The molecule has 0 saturated heterocycles. The van der Waals surface area contributed by atoms with Crippen LogP contribution in [0.15, 0.2) is 30.5 Å². The first kappa shape index (κ1) is 14.9. The summed E-state index contributed by atoms with van der Waals surface area (Å²) in [6, 6.07) is 6.52. The Morgan fingerprint density at radius 1 is 1.29 bits per heavy atom. The summed E-state index contributed by atoms with van der Waals surface area (Å²) in [5, 5.41) is 12.2. The van der Waals surface area contributed by atoms with Crippen LogP contribution in [0.3, 0.4) is 0 Å². The number of hydrogen-bond acceptors (Lipinski definition) is 5. The molecule has 0 spiro atoms. The van der Waals surface area contributed by atoms with Crippen molar-refractivity contribution in [1.82, 2.24) is 15.0 Å². The topological polar surface area (TPSA) is 88.0 Å². The second kappa shape index (κ2) is 6.30. The predicted octanol–water partition coefficient (Wildman–Crippen LogP) is 2.37. The number of aromatic nitrogens is 3. The molecule has 2 rings (SSSR count). The van der Waals surface area contributed by atoms with Crippen LogP contribution in [-0.2, 0) is 4.79 Å². The molecule has 0 radical (unpaired) electrons. The highest BCUT2D eigenvalue weighted by Gasteiger charge is 2.22. The van der Waals surface area contributed by atoms with Crippen LogP contribution in [0.25, 0.3) is 11.5 Å². The number of carboxylic acid groups (broad SMARTS) is 1. The highest BCUT2D eigenvalue weighted by Crippen LogP contribution is 2.17. The molecule has 0 bridgehead atoms. The van der Waals surface area contributed by atoms with Gasteiger partial charge in [0.2, 0.25) is 0 Å². The Labute approximate surface area is 123 Å². The maximum absolute atomic E-state index is 11.3. The Kier molecular flexibility index (Phi) is 4.47. The Morgan fingerprint density at radius 2 is 2.05 bits per heavy atom. The van der Waals surface area contributed by atoms with Crippen LogP contribution in [-0.4, -0.2) is 32.1 Å². The molecule has 2 aromatic rings. The lowest BCUT2D eigenvalue weighted by Gasteiger charge is -2.19. The number of nitrogens with zero attached hydrogens (tertiary/aromatic N) is 3. The quantitative estimate of drug-likeness (QED) is 0.877. The number of pyridine rings is 1. The van der Waals surface area contributed by atoms with Crippen LogP contribution in [0.2, 0.25) is 0 Å². The van der Waals surface area contributed by atoms with Gasteiger partial charge < -0.3 is 10.4 Å². The number of aryl methyl sites for hydroxylation is 1. The summed E-state index contributed by atoms with van der Waals surface area (Å²) >= 11 is 0. The third-order valence-corrected chi connectivity index (χ3v) is 2.98. The molecule has 0 fully saturated rings. The number of aliphatic carboxylic acids is 1. The molecule has 6 nitrogen and oxygen atoms in total. The SMILES string of the molecule is Cc1cc(N[C@H](C(=O)O)C(C)C)nc(-c2ccccn2)n1. The van der Waals surface area contributed by atoms with Crippen molar-refractivity contribution < 1.29 is 9.90 Å². The van der Waals surface area contributed by atoms with Crippen molar-refractivity contribution in [3.05, 3.63) is 36.2 Å². The predicted molar refractivity (Wildman–Crippen MR) is 79.9 cm³/mol. The maximum Gasteiger partial charge on any atom is 0.326 e. The number of carboxylic acids is 1. The third-order valence-electron chi connectivity index (χ3n) is 2.98. The number of nitrogens with one attached hydrogen (secondary N) is 1. The van der Waals surface area contributed by atoms with Crippen molar-refractivity contribution in [3.8, 4) is 11.5 Å². The molecular weight excluding hydrogens is 268 g/mol. The zero-order valence-electron chi connectivity index (χ0n) is 12.2. The maximum atomic E-state index is 11.3. The van der Waals surface area contributed by atoms with Gasteiger partial charge in [0.05, 0.1) is 0 Å².